The van der Waals surface area contributed by atoms with Gasteiger partial charge in [0.1, 0.15) is 0 Å². The van der Waals surface area contributed by atoms with E-state index in [2.05, 4.69) is 28.1 Å². The molecule has 0 fully saturated rings. The fourth-order valence-electron chi connectivity index (χ4n) is 1.23. The molecule has 0 saturated carbocycles. The van der Waals surface area contributed by atoms with Crippen LogP contribution in [0.15, 0.2) is 0 Å². The minimum Gasteiger partial charge on any atom is -0.481 e. The molecule has 0 aliphatic heterocycles. The Hall–Kier alpha value is -0.570. The molecule has 3 heteroatoms. The van der Waals surface area contributed by atoms with Crippen molar-refractivity contribution in [3.05, 3.63) is 0 Å². The number of unbranched alkanes of at least 4 members (excludes halogenated alkanes) is 3. The molecule has 0 spiro atoms. The van der Waals surface area contributed by atoms with Crippen LogP contribution < -0.4 is 0 Å². The molecule has 0 aliphatic rings. The topological polar surface area (TPSA) is 37.3 Å². The van der Waals surface area contributed by atoms with Crippen molar-refractivity contribution in [1.29, 1.82) is 0 Å². The molecule has 0 radical (unpaired) electrons. The first-order chi connectivity index (χ1) is 7.33. The van der Waals surface area contributed by atoms with Crippen LogP contribution in [-0.4, -0.2) is 43.2 Å². The van der Waals surface area contributed by atoms with Gasteiger partial charge in [-0.15, -0.1) is 0 Å². The largest absolute Gasteiger partial charge is 0.481 e. The van der Waals surface area contributed by atoms with Crippen LogP contribution in [-0.2, 0) is 4.79 Å². The van der Waals surface area contributed by atoms with Crippen molar-refractivity contribution in [1.82, 2.24) is 0 Å². The lowest BCUT2D eigenvalue weighted by atomic mass is 10.2. The molecular weight excluding hydrogens is 214 g/mol. The molecule has 0 atom stereocenters. The summed E-state index contributed by atoms with van der Waals surface area (Å²) in [4.78, 5) is 9.60. The molecule has 0 heterocycles. The maximum absolute atomic E-state index is 9.60. The first-order valence-electron chi connectivity index (χ1n) is 6.35. The fraction of sp³-hybridized carbons (Fsp3) is 0.929. The Bertz CT molecular complexity index is 162. The summed E-state index contributed by atoms with van der Waals surface area (Å²) in [7, 11) is 6.77. The van der Waals surface area contributed by atoms with Gasteiger partial charge < -0.3 is 9.59 Å². The Morgan fingerprint density at radius 1 is 1.00 bits per heavy atom. The first kappa shape index (κ1) is 21.7. The molecule has 3 nitrogen and oxygen atoms in total. The van der Waals surface area contributed by atoms with E-state index in [-0.39, 0.29) is 7.43 Å². The van der Waals surface area contributed by atoms with E-state index in [1.165, 1.54) is 32.2 Å². The lowest BCUT2D eigenvalue weighted by Crippen LogP contribution is -2.35. The fourth-order valence-corrected chi connectivity index (χ4v) is 1.23. The number of carboxylic acids is 1. The Labute approximate surface area is 108 Å². The van der Waals surface area contributed by atoms with Gasteiger partial charge in [-0.3, -0.25) is 4.79 Å². The SMILES string of the molecule is C.CCCC(=O)O.CCCCCC[N+](C)(C)C. The van der Waals surface area contributed by atoms with Crippen LogP contribution in [0.4, 0.5) is 0 Å². The van der Waals surface area contributed by atoms with Gasteiger partial charge in [-0.25, -0.2) is 0 Å². The highest BCUT2D eigenvalue weighted by Gasteiger charge is 2.04. The summed E-state index contributed by atoms with van der Waals surface area (Å²) >= 11 is 0. The molecule has 0 aromatic rings. The van der Waals surface area contributed by atoms with Crippen molar-refractivity contribution in [3.63, 3.8) is 0 Å². The Kier molecular flexibility index (Phi) is 17.2. The molecule has 0 bridgehead atoms. The highest BCUT2D eigenvalue weighted by Crippen LogP contribution is 2.01. The van der Waals surface area contributed by atoms with Gasteiger partial charge in [0.05, 0.1) is 27.7 Å². The Balaban J connectivity index is -0.000000244. The molecule has 17 heavy (non-hydrogen) atoms. The molecule has 0 saturated heterocycles. The number of hydrogen-bond acceptors (Lipinski definition) is 1. The van der Waals surface area contributed by atoms with Crippen LogP contribution in [0.3, 0.4) is 0 Å². The van der Waals surface area contributed by atoms with Crippen molar-refractivity contribution >= 4 is 5.97 Å². The molecule has 0 aromatic carbocycles. The summed E-state index contributed by atoms with van der Waals surface area (Å²) in [5.41, 5.74) is 0. The highest BCUT2D eigenvalue weighted by molar-refractivity contribution is 5.66. The third-order valence-corrected chi connectivity index (χ3v) is 2.15. The van der Waals surface area contributed by atoms with Crippen LogP contribution in [0.25, 0.3) is 0 Å². The molecule has 0 aliphatic carbocycles. The number of aliphatic carboxylic acids is 1. The van der Waals surface area contributed by atoms with Crippen LogP contribution in [0.5, 0.6) is 0 Å². The summed E-state index contributed by atoms with van der Waals surface area (Å²) in [5.74, 6) is -0.711. The second kappa shape index (κ2) is 13.5. The number of carboxylic acid groups (broad SMARTS) is 1. The first-order valence-corrected chi connectivity index (χ1v) is 6.35. The predicted octanol–water partition coefficient (Wildman–Crippen LogP) is 3.78. The van der Waals surface area contributed by atoms with Gasteiger partial charge in [-0.2, -0.15) is 0 Å². The van der Waals surface area contributed by atoms with E-state index < -0.39 is 5.97 Å². The summed E-state index contributed by atoms with van der Waals surface area (Å²) in [6.07, 6.45) is 6.57. The number of carbonyl (C=O) groups is 1. The lowest BCUT2D eigenvalue weighted by Gasteiger charge is -2.23. The third kappa shape index (κ3) is 31.3. The summed E-state index contributed by atoms with van der Waals surface area (Å²) in [6, 6.07) is 0. The van der Waals surface area contributed by atoms with E-state index in [0.29, 0.717) is 6.42 Å². The molecule has 1 N–H and O–H groups in total. The Morgan fingerprint density at radius 2 is 1.53 bits per heavy atom. The minimum absolute atomic E-state index is 0. The van der Waals surface area contributed by atoms with Gasteiger partial charge in [0.15, 0.2) is 0 Å². The zero-order valence-electron chi connectivity index (χ0n) is 11.8. The number of rotatable bonds is 7. The van der Waals surface area contributed by atoms with Crippen LogP contribution >= 0.6 is 0 Å². The van der Waals surface area contributed by atoms with E-state index in [0.717, 1.165) is 10.9 Å². The Morgan fingerprint density at radius 3 is 1.76 bits per heavy atom. The van der Waals surface area contributed by atoms with Crippen LogP contribution in [0.1, 0.15) is 59.8 Å². The number of quaternary nitrogens is 1. The molecular formula is C14H34NO2+. The summed E-state index contributed by atoms with van der Waals surface area (Å²) in [5, 5.41) is 7.91. The van der Waals surface area contributed by atoms with Crippen LogP contribution in [0.2, 0.25) is 0 Å². The molecule has 0 amide bonds. The smallest absolute Gasteiger partial charge is 0.303 e. The zero-order chi connectivity index (χ0) is 13.0. The van der Waals surface area contributed by atoms with E-state index >= 15 is 0 Å². The highest BCUT2D eigenvalue weighted by atomic mass is 16.4. The molecule has 0 aromatic heterocycles. The maximum Gasteiger partial charge on any atom is 0.303 e. The van der Waals surface area contributed by atoms with Gasteiger partial charge in [0.25, 0.3) is 0 Å². The predicted molar refractivity (Wildman–Crippen MR) is 76.3 cm³/mol. The maximum atomic E-state index is 9.60. The normalized spacial score (nSPS) is 9.94. The standard InChI is InChI=1S/C9H22N.C4H8O2.CH4/c1-5-6-7-8-9-10(2,3)4;1-2-3-4(5)6;/h5-9H2,1-4H3;2-3H2,1H3,(H,5,6);1H4/q+1;;. The van der Waals surface area contributed by atoms with Crippen molar-refractivity contribution < 1.29 is 14.4 Å². The molecule has 106 valence electrons. The van der Waals surface area contributed by atoms with Crippen molar-refractivity contribution in [2.24, 2.45) is 0 Å². The van der Waals surface area contributed by atoms with E-state index in [1.807, 2.05) is 6.92 Å². The molecule has 0 rings (SSSR count). The second-order valence-corrected chi connectivity index (χ2v) is 5.22. The van der Waals surface area contributed by atoms with E-state index in [4.69, 9.17) is 5.11 Å². The van der Waals surface area contributed by atoms with Crippen LogP contribution in [0, 0.1) is 0 Å². The summed E-state index contributed by atoms with van der Waals surface area (Å²) in [6.45, 7) is 5.42. The zero-order valence-corrected chi connectivity index (χ0v) is 11.8. The average molecular weight is 248 g/mol. The quantitative estimate of drug-likeness (QED) is 0.550. The third-order valence-electron chi connectivity index (χ3n) is 2.15. The minimum atomic E-state index is -0.711. The van der Waals surface area contributed by atoms with Gasteiger partial charge >= 0.3 is 5.97 Å². The van der Waals surface area contributed by atoms with Gasteiger partial charge in [0, 0.05) is 6.42 Å². The number of nitrogens with zero attached hydrogens (tertiary/aromatic N) is 1. The summed E-state index contributed by atoms with van der Waals surface area (Å²) < 4.78 is 1.11. The number of hydrogen-bond donors (Lipinski definition) is 1. The van der Waals surface area contributed by atoms with Crippen molar-refractivity contribution in [2.45, 2.75) is 59.8 Å². The van der Waals surface area contributed by atoms with Gasteiger partial charge in [-0.1, -0.05) is 34.1 Å². The van der Waals surface area contributed by atoms with Gasteiger partial charge in [-0.05, 0) is 19.3 Å². The van der Waals surface area contributed by atoms with Gasteiger partial charge in [0.2, 0.25) is 0 Å². The lowest BCUT2D eigenvalue weighted by molar-refractivity contribution is -0.870. The molecule has 0 unspecified atom stereocenters. The average Bonchev–Trinajstić information content (AvgIpc) is 2.12. The van der Waals surface area contributed by atoms with Crippen molar-refractivity contribution in [3.8, 4) is 0 Å². The van der Waals surface area contributed by atoms with E-state index in [9.17, 15) is 4.79 Å². The van der Waals surface area contributed by atoms with Crippen molar-refractivity contribution in [2.75, 3.05) is 27.7 Å². The second-order valence-electron chi connectivity index (χ2n) is 5.22. The monoisotopic (exact) mass is 248 g/mol. The van der Waals surface area contributed by atoms with E-state index in [1.54, 1.807) is 0 Å².